The number of aliphatic imine (C=N–C) groups is 1. The molecule has 0 aromatic rings. The standard InChI is InChI=1S/C13H30N4/c1-6-10-15-13(14-7-2)16-11-12(5)17(8-3)9-4/h12H,6-11H2,1-5H3,(H2,14,15,16). The first kappa shape index (κ1) is 16.2. The van der Waals surface area contributed by atoms with Crippen LogP contribution in [0.15, 0.2) is 4.99 Å². The van der Waals surface area contributed by atoms with Crippen molar-refractivity contribution in [3.8, 4) is 0 Å². The molecule has 0 fully saturated rings. The van der Waals surface area contributed by atoms with Crippen molar-refractivity contribution in [3.63, 3.8) is 0 Å². The number of nitrogens with zero attached hydrogens (tertiary/aromatic N) is 2. The van der Waals surface area contributed by atoms with Gasteiger partial charge < -0.3 is 10.6 Å². The van der Waals surface area contributed by atoms with E-state index in [-0.39, 0.29) is 0 Å². The molecule has 0 spiro atoms. The van der Waals surface area contributed by atoms with E-state index in [0.717, 1.165) is 45.1 Å². The van der Waals surface area contributed by atoms with E-state index in [9.17, 15) is 0 Å². The number of hydrogen-bond donors (Lipinski definition) is 2. The SMILES string of the molecule is CCCNC(=NCC(C)N(CC)CC)NCC. The molecule has 0 heterocycles. The summed E-state index contributed by atoms with van der Waals surface area (Å²) in [6.45, 7) is 15.8. The highest BCUT2D eigenvalue weighted by atomic mass is 15.2. The molecule has 0 aromatic carbocycles. The van der Waals surface area contributed by atoms with Gasteiger partial charge in [0.1, 0.15) is 0 Å². The highest BCUT2D eigenvalue weighted by molar-refractivity contribution is 5.79. The Labute approximate surface area is 107 Å². The van der Waals surface area contributed by atoms with Crippen LogP contribution in [0.25, 0.3) is 0 Å². The fraction of sp³-hybridized carbons (Fsp3) is 0.923. The molecule has 0 aliphatic carbocycles. The third kappa shape index (κ3) is 7.21. The van der Waals surface area contributed by atoms with Gasteiger partial charge in [-0.1, -0.05) is 20.8 Å². The summed E-state index contributed by atoms with van der Waals surface area (Å²) in [5, 5.41) is 6.59. The predicted molar refractivity (Wildman–Crippen MR) is 76.7 cm³/mol. The van der Waals surface area contributed by atoms with Crippen molar-refractivity contribution in [1.29, 1.82) is 0 Å². The zero-order valence-corrected chi connectivity index (χ0v) is 12.2. The van der Waals surface area contributed by atoms with Crippen LogP contribution in [0.2, 0.25) is 0 Å². The topological polar surface area (TPSA) is 39.7 Å². The minimum absolute atomic E-state index is 0.502. The molecule has 0 saturated carbocycles. The average Bonchev–Trinajstić information content (AvgIpc) is 2.34. The van der Waals surface area contributed by atoms with Gasteiger partial charge in [0.15, 0.2) is 5.96 Å². The van der Waals surface area contributed by atoms with Crippen LogP contribution in [0.5, 0.6) is 0 Å². The van der Waals surface area contributed by atoms with Gasteiger partial charge in [-0.3, -0.25) is 9.89 Å². The van der Waals surface area contributed by atoms with Crippen molar-refractivity contribution in [2.45, 2.75) is 47.1 Å². The Kier molecular flexibility index (Phi) is 9.92. The first-order valence-electron chi connectivity index (χ1n) is 6.95. The maximum atomic E-state index is 4.62. The minimum Gasteiger partial charge on any atom is -0.357 e. The highest BCUT2D eigenvalue weighted by Crippen LogP contribution is 1.98. The molecule has 0 radical (unpaired) electrons. The molecule has 0 aliphatic heterocycles. The van der Waals surface area contributed by atoms with Crippen LogP contribution < -0.4 is 10.6 Å². The number of rotatable bonds is 8. The van der Waals surface area contributed by atoms with Crippen LogP contribution in [-0.4, -0.2) is 49.6 Å². The summed E-state index contributed by atoms with van der Waals surface area (Å²) in [5.74, 6) is 0.938. The Hall–Kier alpha value is -0.770. The van der Waals surface area contributed by atoms with E-state index in [1.165, 1.54) is 0 Å². The van der Waals surface area contributed by atoms with Gasteiger partial charge >= 0.3 is 0 Å². The van der Waals surface area contributed by atoms with Crippen LogP contribution >= 0.6 is 0 Å². The van der Waals surface area contributed by atoms with Gasteiger partial charge in [-0.15, -0.1) is 0 Å². The highest BCUT2D eigenvalue weighted by Gasteiger charge is 2.09. The first-order chi connectivity index (χ1) is 8.19. The Morgan fingerprint density at radius 1 is 1.12 bits per heavy atom. The zero-order valence-electron chi connectivity index (χ0n) is 12.2. The van der Waals surface area contributed by atoms with Crippen molar-refractivity contribution in [2.24, 2.45) is 4.99 Å². The Balaban J connectivity index is 4.20. The molecular weight excluding hydrogens is 212 g/mol. The Bertz CT molecular complexity index is 200. The lowest BCUT2D eigenvalue weighted by atomic mass is 10.3. The van der Waals surface area contributed by atoms with Crippen molar-refractivity contribution in [3.05, 3.63) is 0 Å². The van der Waals surface area contributed by atoms with Crippen LogP contribution in [0, 0.1) is 0 Å². The molecule has 0 aromatic heterocycles. The second kappa shape index (κ2) is 10.4. The molecule has 0 saturated heterocycles. The van der Waals surface area contributed by atoms with E-state index >= 15 is 0 Å². The normalized spacial score (nSPS) is 13.9. The molecule has 4 heteroatoms. The minimum atomic E-state index is 0.502. The monoisotopic (exact) mass is 242 g/mol. The van der Waals surface area contributed by atoms with E-state index in [1.807, 2.05) is 0 Å². The van der Waals surface area contributed by atoms with Crippen LogP contribution in [0.1, 0.15) is 41.0 Å². The third-order valence-corrected chi connectivity index (χ3v) is 2.84. The molecule has 1 unspecified atom stereocenters. The summed E-state index contributed by atoms with van der Waals surface area (Å²) < 4.78 is 0. The second-order valence-electron chi connectivity index (χ2n) is 4.22. The van der Waals surface area contributed by atoms with Gasteiger partial charge in [0.2, 0.25) is 0 Å². The fourth-order valence-electron chi connectivity index (χ4n) is 1.77. The van der Waals surface area contributed by atoms with Gasteiger partial charge in [-0.25, -0.2) is 0 Å². The maximum absolute atomic E-state index is 4.62. The smallest absolute Gasteiger partial charge is 0.191 e. The number of hydrogen-bond acceptors (Lipinski definition) is 2. The Morgan fingerprint density at radius 3 is 2.24 bits per heavy atom. The molecule has 0 amide bonds. The third-order valence-electron chi connectivity index (χ3n) is 2.84. The lowest BCUT2D eigenvalue weighted by Crippen LogP contribution is -2.40. The molecular formula is C13H30N4. The molecule has 0 rings (SSSR count). The molecule has 1 atom stereocenters. The Morgan fingerprint density at radius 2 is 1.76 bits per heavy atom. The van der Waals surface area contributed by atoms with Crippen molar-refractivity contribution in [1.82, 2.24) is 15.5 Å². The number of guanidine groups is 1. The van der Waals surface area contributed by atoms with E-state index in [4.69, 9.17) is 0 Å². The quantitative estimate of drug-likeness (QED) is 0.502. The summed E-state index contributed by atoms with van der Waals surface area (Å²) >= 11 is 0. The first-order valence-corrected chi connectivity index (χ1v) is 6.95. The predicted octanol–water partition coefficient (Wildman–Crippen LogP) is 1.68. The zero-order chi connectivity index (χ0) is 13.1. The number of nitrogens with one attached hydrogen (secondary N) is 2. The summed E-state index contributed by atoms with van der Waals surface area (Å²) in [6, 6.07) is 0.502. The van der Waals surface area contributed by atoms with Crippen molar-refractivity contribution in [2.75, 3.05) is 32.7 Å². The van der Waals surface area contributed by atoms with Gasteiger partial charge in [-0.2, -0.15) is 0 Å². The molecule has 17 heavy (non-hydrogen) atoms. The largest absolute Gasteiger partial charge is 0.357 e. The van der Waals surface area contributed by atoms with Crippen LogP contribution in [-0.2, 0) is 0 Å². The van der Waals surface area contributed by atoms with Gasteiger partial charge in [0.05, 0.1) is 6.54 Å². The molecule has 4 nitrogen and oxygen atoms in total. The summed E-state index contributed by atoms with van der Waals surface area (Å²) in [5.41, 5.74) is 0. The van der Waals surface area contributed by atoms with Crippen molar-refractivity contribution >= 4 is 5.96 Å². The summed E-state index contributed by atoms with van der Waals surface area (Å²) in [4.78, 5) is 7.04. The van der Waals surface area contributed by atoms with E-state index in [2.05, 4.69) is 55.1 Å². The van der Waals surface area contributed by atoms with Crippen LogP contribution in [0.4, 0.5) is 0 Å². The second-order valence-corrected chi connectivity index (χ2v) is 4.22. The van der Waals surface area contributed by atoms with Gasteiger partial charge in [0.25, 0.3) is 0 Å². The van der Waals surface area contributed by atoms with E-state index in [0.29, 0.717) is 6.04 Å². The van der Waals surface area contributed by atoms with Gasteiger partial charge in [-0.05, 0) is 33.4 Å². The fourth-order valence-corrected chi connectivity index (χ4v) is 1.77. The lowest BCUT2D eigenvalue weighted by Gasteiger charge is -2.25. The molecule has 0 aliphatic rings. The molecule has 0 bridgehead atoms. The van der Waals surface area contributed by atoms with Gasteiger partial charge in [0, 0.05) is 19.1 Å². The summed E-state index contributed by atoms with van der Waals surface area (Å²) in [6.07, 6.45) is 1.12. The van der Waals surface area contributed by atoms with Crippen molar-refractivity contribution < 1.29 is 0 Å². The number of likely N-dealkylation sites (N-methyl/N-ethyl adjacent to an activating group) is 1. The molecule has 2 N–H and O–H groups in total. The summed E-state index contributed by atoms with van der Waals surface area (Å²) in [7, 11) is 0. The van der Waals surface area contributed by atoms with E-state index in [1.54, 1.807) is 0 Å². The van der Waals surface area contributed by atoms with Crippen LogP contribution in [0.3, 0.4) is 0 Å². The maximum Gasteiger partial charge on any atom is 0.191 e. The average molecular weight is 242 g/mol. The molecule has 102 valence electrons. The van der Waals surface area contributed by atoms with E-state index < -0.39 is 0 Å². The lowest BCUT2D eigenvalue weighted by molar-refractivity contribution is 0.237.